The van der Waals surface area contributed by atoms with E-state index in [1.165, 1.54) is 37.2 Å². The highest BCUT2D eigenvalue weighted by atomic mass is 16.5. The molecule has 2 aromatic rings. The summed E-state index contributed by atoms with van der Waals surface area (Å²) in [7, 11) is 1.54. The summed E-state index contributed by atoms with van der Waals surface area (Å²) in [4.78, 5) is 12.4. The van der Waals surface area contributed by atoms with Crippen molar-refractivity contribution in [2.45, 2.75) is 38.6 Å². The lowest BCUT2D eigenvalue weighted by Gasteiger charge is -2.19. The summed E-state index contributed by atoms with van der Waals surface area (Å²) in [5, 5.41) is 11.7. The predicted octanol–water partition coefficient (Wildman–Crippen LogP) is 4.37. The summed E-state index contributed by atoms with van der Waals surface area (Å²) in [5.41, 5.74) is 4.79. The van der Waals surface area contributed by atoms with Crippen LogP contribution in [0.5, 0.6) is 11.5 Å². The Morgan fingerprint density at radius 1 is 1.17 bits per heavy atom. The standard InChI is InChI=1S/C24H26N2O3/c1-17(20-10-9-19-5-3-4-6-21(19)16-20)26-24(27)12-8-18-7-11-22(29-14-13-25)23(15-18)28-2/h7-12,15-17H,3-6,14H2,1-2H3,(H,26,27)/b12-8+/t17-/m0/s1. The van der Waals surface area contributed by atoms with Gasteiger partial charge in [0.2, 0.25) is 5.91 Å². The Labute approximate surface area is 172 Å². The summed E-state index contributed by atoms with van der Waals surface area (Å²) >= 11 is 0. The van der Waals surface area contributed by atoms with E-state index in [9.17, 15) is 4.79 Å². The largest absolute Gasteiger partial charge is 0.493 e. The van der Waals surface area contributed by atoms with Crippen molar-refractivity contribution in [3.8, 4) is 17.6 Å². The van der Waals surface area contributed by atoms with E-state index in [4.69, 9.17) is 14.7 Å². The van der Waals surface area contributed by atoms with Crippen molar-refractivity contribution in [3.05, 3.63) is 64.7 Å². The van der Waals surface area contributed by atoms with Gasteiger partial charge in [0.25, 0.3) is 0 Å². The minimum atomic E-state index is -0.154. The molecular weight excluding hydrogens is 364 g/mol. The van der Waals surface area contributed by atoms with E-state index in [0.29, 0.717) is 11.5 Å². The highest BCUT2D eigenvalue weighted by Crippen LogP contribution is 2.28. The van der Waals surface area contributed by atoms with Crippen molar-refractivity contribution in [1.29, 1.82) is 5.26 Å². The first-order chi connectivity index (χ1) is 14.1. The first-order valence-corrected chi connectivity index (χ1v) is 9.89. The van der Waals surface area contributed by atoms with Crippen LogP contribution in [-0.4, -0.2) is 19.6 Å². The molecule has 0 saturated heterocycles. The number of nitrogens with one attached hydrogen (secondary N) is 1. The van der Waals surface area contributed by atoms with Crippen LogP contribution in [0.1, 0.15) is 48.1 Å². The molecule has 0 fully saturated rings. The Balaban J connectivity index is 1.62. The number of amides is 1. The Hall–Kier alpha value is -3.26. The molecule has 1 amide bonds. The van der Waals surface area contributed by atoms with Crippen molar-refractivity contribution in [1.82, 2.24) is 5.32 Å². The zero-order chi connectivity index (χ0) is 20.6. The normalized spacial score (nSPS) is 14.0. The number of benzene rings is 2. The van der Waals surface area contributed by atoms with Crippen molar-refractivity contribution in [2.24, 2.45) is 0 Å². The zero-order valence-corrected chi connectivity index (χ0v) is 16.9. The second-order valence-corrected chi connectivity index (χ2v) is 7.16. The number of fused-ring (bicyclic) bond motifs is 1. The molecule has 1 aliphatic rings. The number of nitrogens with zero attached hydrogens (tertiary/aromatic N) is 1. The molecule has 0 heterocycles. The summed E-state index contributed by atoms with van der Waals surface area (Å²) in [6.07, 6.45) is 8.02. The fraction of sp³-hybridized carbons (Fsp3) is 0.333. The molecule has 0 aliphatic heterocycles. The molecule has 0 unspecified atom stereocenters. The lowest BCUT2D eigenvalue weighted by atomic mass is 9.89. The molecule has 3 rings (SSSR count). The molecule has 2 aromatic carbocycles. The SMILES string of the molecule is COc1cc(/C=C/C(=O)N[C@@H](C)c2ccc3c(c2)CCCC3)ccc1OCC#N. The van der Waals surface area contributed by atoms with Crippen LogP contribution in [0.2, 0.25) is 0 Å². The number of methoxy groups -OCH3 is 1. The minimum absolute atomic E-state index is 0.0471. The van der Waals surface area contributed by atoms with Gasteiger partial charge in [0.05, 0.1) is 13.2 Å². The Bertz CT molecular complexity index is 944. The number of carbonyl (C=O) groups excluding carboxylic acids is 1. The Morgan fingerprint density at radius 2 is 1.97 bits per heavy atom. The molecule has 1 atom stereocenters. The van der Waals surface area contributed by atoms with E-state index in [2.05, 4.69) is 23.5 Å². The molecule has 5 heteroatoms. The predicted molar refractivity (Wildman–Crippen MR) is 113 cm³/mol. The van der Waals surface area contributed by atoms with Gasteiger partial charge in [-0.05, 0) is 73.1 Å². The van der Waals surface area contributed by atoms with Crippen LogP contribution in [0.15, 0.2) is 42.5 Å². The lowest BCUT2D eigenvalue weighted by molar-refractivity contribution is -0.117. The molecule has 0 spiro atoms. The van der Waals surface area contributed by atoms with Crippen LogP contribution in [0, 0.1) is 11.3 Å². The minimum Gasteiger partial charge on any atom is -0.493 e. The third-order valence-corrected chi connectivity index (χ3v) is 5.14. The van der Waals surface area contributed by atoms with Crippen LogP contribution in [0.3, 0.4) is 0 Å². The fourth-order valence-electron chi connectivity index (χ4n) is 3.56. The quantitative estimate of drug-likeness (QED) is 0.713. The second kappa shape index (κ2) is 9.79. The molecule has 0 bridgehead atoms. The van der Waals surface area contributed by atoms with E-state index in [1.54, 1.807) is 18.2 Å². The second-order valence-electron chi connectivity index (χ2n) is 7.16. The van der Waals surface area contributed by atoms with Gasteiger partial charge in [-0.25, -0.2) is 0 Å². The van der Waals surface area contributed by atoms with Crippen molar-refractivity contribution in [3.63, 3.8) is 0 Å². The average molecular weight is 390 g/mol. The van der Waals surface area contributed by atoms with Gasteiger partial charge in [-0.15, -0.1) is 0 Å². The van der Waals surface area contributed by atoms with Gasteiger partial charge in [0.15, 0.2) is 18.1 Å². The van der Waals surface area contributed by atoms with Crippen molar-refractivity contribution < 1.29 is 14.3 Å². The average Bonchev–Trinajstić information content (AvgIpc) is 2.76. The summed E-state index contributed by atoms with van der Waals surface area (Å²) in [5.74, 6) is 0.862. The Kier molecular flexibility index (Phi) is 6.91. The number of hydrogen-bond acceptors (Lipinski definition) is 4. The highest BCUT2D eigenvalue weighted by molar-refractivity contribution is 5.92. The maximum absolute atomic E-state index is 12.4. The van der Waals surface area contributed by atoms with E-state index in [0.717, 1.165) is 24.0 Å². The van der Waals surface area contributed by atoms with E-state index >= 15 is 0 Å². The molecule has 0 radical (unpaired) electrons. The topological polar surface area (TPSA) is 71.3 Å². The molecule has 5 nitrogen and oxygen atoms in total. The maximum Gasteiger partial charge on any atom is 0.244 e. The number of carbonyl (C=O) groups is 1. The lowest BCUT2D eigenvalue weighted by Crippen LogP contribution is -2.24. The van der Waals surface area contributed by atoms with Gasteiger partial charge in [0, 0.05) is 6.08 Å². The fourth-order valence-corrected chi connectivity index (χ4v) is 3.56. The van der Waals surface area contributed by atoms with Crippen LogP contribution in [-0.2, 0) is 17.6 Å². The smallest absolute Gasteiger partial charge is 0.244 e. The van der Waals surface area contributed by atoms with Crippen LogP contribution in [0.4, 0.5) is 0 Å². The third kappa shape index (κ3) is 5.39. The maximum atomic E-state index is 12.4. The van der Waals surface area contributed by atoms with Crippen molar-refractivity contribution >= 4 is 12.0 Å². The molecule has 29 heavy (non-hydrogen) atoms. The van der Waals surface area contributed by atoms with Gasteiger partial charge in [-0.2, -0.15) is 5.26 Å². The first-order valence-electron chi connectivity index (χ1n) is 9.89. The van der Waals surface area contributed by atoms with E-state index in [-0.39, 0.29) is 18.6 Å². The highest BCUT2D eigenvalue weighted by Gasteiger charge is 2.13. The summed E-state index contributed by atoms with van der Waals surface area (Å²) in [6.45, 7) is 1.95. The van der Waals surface area contributed by atoms with E-state index in [1.807, 2.05) is 19.1 Å². The van der Waals surface area contributed by atoms with Gasteiger partial charge in [-0.3, -0.25) is 4.79 Å². The number of hydrogen-bond donors (Lipinski definition) is 1. The summed E-state index contributed by atoms with van der Waals surface area (Å²) < 4.78 is 10.6. The van der Waals surface area contributed by atoms with Crippen molar-refractivity contribution in [2.75, 3.05) is 13.7 Å². The Morgan fingerprint density at radius 3 is 2.72 bits per heavy atom. The zero-order valence-electron chi connectivity index (χ0n) is 16.9. The number of nitriles is 1. The molecule has 0 aromatic heterocycles. The summed E-state index contributed by atoms with van der Waals surface area (Å²) in [6, 6.07) is 13.7. The monoisotopic (exact) mass is 390 g/mol. The molecule has 1 aliphatic carbocycles. The molecular formula is C24H26N2O3. The molecule has 150 valence electrons. The number of ether oxygens (including phenoxy) is 2. The number of rotatable bonds is 7. The van der Waals surface area contributed by atoms with Crippen LogP contribution < -0.4 is 14.8 Å². The van der Waals surface area contributed by atoms with Gasteiger partial charge < -0.3 is 14.8 Å². The van der Waals surface area contributed by atoms with Crippen LogP contribution in [0.25, 0.3) is 6.08 Å². The van der Waals surface area contributed by atoms with Gasteiger partial charge in [0.1, 0.15) is 6.07 Å². The van der Waals surface area contributed by atoms with Gasteiger partial charge >= 0.3 is 0 Å². The molecule has 0 saturated carbocycles. The van der Waals surface area contributed by atoms with E-state index < -0.39 is 0 Å². The van der Waals surface area contributed by atoms with Crippen LogP contribution >= 0.6 is 0 Å². The third-order valence-electron chi connectivity index (χ3n) is 5.14. The van der Waals surface area contributed by atoms with Gasteiger partial charge in [-0.1, -0.05) is 24.3 Å². The number of aryl methyl sites for hydroxylation is 2. The molecule has 1 N–H and O–H groups in total. The first kappa shape index (κ1) is 20.5.